The van der Waals surface area contributed by atoms with Crippen LogP contribution in [0.2, 0.25) is 0 Å². The molecule has 0 amide bonds. The molecule has 7 heteroatoms. The highest BCUT2D eigenvalue weighted by atomic mass is 35.5. The van der Waals surface area contributed by atoms with Crippen molar-refractivity contribution in [3.8, 4) is 5.75 Å². The van der Waals surface area contributed by atoms with Crippen LogP contribution in [0.15, 0.2) is 18.2 Å². The lowest BCUT2D eigenvalue weighted by atomic mass is 10.0. The van der Waals surface area contributed by atoms with Gasteiger partial charge in [-0.05, 0) is 12.1 Å². The average molecular weight is 271 g/mol. The topological polar surface area (TPSA) is 60.7 Å². The highest BCUT2D eigenvalue weighted by Gasteiger charge is 2.32. The van der Waals surface area contributed by atoms with Crippen LogP contribution in [0.4, 0.5) is 13.2 Å². The van der Waals surface area contributed by atoms with Gasteiger partial charge in [0.25, 0.3) is 0 Å². The number of halogens is 4. The van der Waals surface area contributed by atoms with E-state index in [1.54, 1.807) is 0 Å². The molecule has 3 nitrogen and oxygen atoms in total. The summed E-state index contributed by atoms with van der Waals surface area (Å²) < 4.78 is 36.8. The zero-order valence-electron chi connectivity index (χ0n) is 8.45. The Hall–Kier alpha value is -0.980. The Bertz CT molecular complexity index is 395. The van der Waals surface area contributed by atoms with E-state index in [2.05, 4.69) is 0 Å². The number of benzene rings is 1. The molecule has 0 aliphatic heterocycles. The fraction of sp³-hybridized carbons (Fsp3) is 0.400. The normalized spacial score (nSPS) is 15.6. The molecule has 2 unspecified atom stereocenters. The van der Waals surface area contributed by atoms with E-state index in [1.165, 1.54) is 0 Å². The molecule has 17 heavy (non-hydrogen) atoms. The third-order valence-electron chi connectivity index (χ3n) is 2.20. The van der Waals surface area contributed by atoms with E-state index in [0.29, 0.717) is 12.1 Å². The molecule has 0 aliphatic carbocycles. The third kappa shape index (κ3) is 3.24. The van der Waals surface area contributed by atoms with E-state index >= 15 is 0 Å². The Labute approximate surface area is 100 Å². The molecule has 0 bridgehead atoms. The van der Waals surface area contributed by atoms with Gasteiger partial charge in [0.05, 0.1) is 17.5 Å². The summed E-state index contributed by atoms with van der Waals surface area (Å²) in [6.07, 6.45) is -7.47. The van der Waals surface area contributed by atoms with Crippen molar-refractivity contribution in [1.29, 1.82) is 0 Å². The van der Waals surface area contributed by atoms with Crippen molar-refractivity contribution in [3.05, 3.63) is 29.3 Å². The van der Waals surface area contributed by atoms with E-state index in [1.807, 2.05) is 0 Å². The molecule has 0 fully saturated rings. The minimum Gasteiger partial charge on any atom is -0.508 e. The maximum Gasteiger partial charge on any atom is 0.416 e. The van der Waals surface area contributed by atoms with Crippen LogP contribution in [-0.4, -0.2) is 27.3 Å². The van der Waals surface area contributed by atoms with Crippen molar-refractivity contribution in [2.75, 3.05) is 5.88 Å². The quantitative estimate of drug-likeness (QED) is 0.737. The lowest BCUT2D eigenvalue weighted by Crippen LogP contribution is -2.20. The van der Waals surface area contributed by atoms with Crippen LogP contribution < -0.4 is 0 Å². The van der Waals surface area contributed by atoms with Gasteiger partial charge >= 0.3 is 6.18 Å². The Morgan fingerprint density at radius 1 is 1.24 bits per heavy atom. The van der Waals surface area contributed by atoms with Gasteiger partial charge in [0.2, 0.25) is 0 Å². The Morgan fingerprint density at radius 3 is 2.24 bits per heavy atom. The first kappa shape index (κ1) is 14.1. The zero-order valence-corrected chi connectivity index (χ0v) is 9.20. The molecular weight excluding hydrogens is 261 g/mol. The van der Waals surface area contributed by atoms with Crippen molar-refractivity contribution < 1.29 is 28.5 Å². The van der Waals surface area contributed by atoms with Gasteiger partial charge in [-0.2, -0.15) is 13.2 Å². The second kappa shape index (κ2) is 5.12. The molecule has 1 rings (SSSR count). The predicted octanol–water partition coefficient (Wildman–Crippen LogP) is 2.04. The number of aliphatic hydroxyl groups excluding tert-OH is 2. The molecule has 0 heterocycles. The predicted molar refractivity (Wildman–Crippen MR) is 54.8 cm³/mol. The first-order valence-electron chi connectivity index (χ1n) is 4.59. The van der Waals surface area contributed by atoms with Gasteiger partial charge < -0.3 is 15.3 Å². The lowest BCUT2D eigenvalue weighted by molar-refractivity contribution is -0.137. The minimum atomic E-state index is -4.58. The van der Waals surface area contributed by atoms with Crippen molar-refractivity contribution in [2.45, 2.75) is 18.4 Å². The Balaban J connectivity index is 3.06. The first-order chi connectivity index (χ1) is 7.77. The third-order valence-corrected chi connectivity index (χ3v) is 2.52. The molecule has 2 atom stereocenters. The summed E-state index contributed by atoms with van der Waals surface area (Å²) in [7, 11) is 0. The number of phenols is 1. The Morgan fingerprint density at radius 2 is 1.82 bits per heavy atom. The minimum absolute atomic E-state index is 0.203. The van der Waals surface area contributed by atoms with Crippen LogP contribution in [-0.2, 0) is 6.18 Å². The molecular formula is C10H10ClF3O3. The molecule has 96 valence electrons. The molecule has 1 aromatic rings. The van der Waals surface area contributed by atoms with Crippen LogP contribution in [0.5, 0.6) is 5.75 Å². The number of rotatable bonds is 3. The maximum absolute atomic E-state index is 12.3. The van der Waals surface area contributed by atoms with Gasteiger partial charge in [-0.25, -0.2) is 0 Å². The molecule has 0 radical (unpaired) electrons. The summed E-state index contributed by atoms with van der Waals surface area (Å²) in [4.78, 5) is 0. The van der Waals surface area contributed by atoms with Crippen LogP contribution in [0, 0.1) is 0 Å². The Kier molecular flexibility index (Phi) is 4.24. The van der Waals surface area contributed by atoms with E-state index in [4.69, 9.17) is 11.6 Å². The number of hydrogen-bond donors (Lipinski definition) is 3. The molecule has 0 aromatic heterocycles. The highest BCUT2D eigenvalue weighted by Crippen LogP contribution is 2.35. The number of aliphatic hydroxyl groups is 2. The van der Waals surface area contributed by atoms with E-state index in [0.717, 1.165) is 6.07 Å². The van der Waals surface area contributed by atoms with Crippen molar-refractivity contribution in [2.24, 2.45) is 0 Å². The number of aromatic hydroxyl groups is 1. The molecule has 0 aliphatic rings. The molecule has 3 N–H and O–H groups in total. The van der Waals surface area contributed by atoms with Crippen LogP contribution in [0.3, 0.4) is 0 Å². The smallest absolute Gasteiger partial charge is 0.416 e. The van der Waals surface area contributed by atoms with Gasteiger partial charge in [-0.15, -0.1) is 11.6 Å². The summed E-state index contributed by atoms with van der Waals surface area (Å²) in [5.74, 6) is -1.04. The number of hydrogen-bond acceptors (Lipinski definition) is 3. The lowest BCUT2D eigenvalue weighted by Gasteiger charge is -2.17. The molecule has 0 spiro atoms. The second-order valence-electron chi connectivity index (χ2n) is 3.44. The fourth-order valence-electron chi connectivity index (χ4n) is 1.26. The van der Waals surface area contributed by atoms with Crippen LogP contribution in [0.25, 0.3) is 0 Å². The summed E-state index contributed by atoms with van der Waals surface area (Å²) in [5, 5.41) is 28.1. The van der Waals surface area contributed by atoms with E-state index in [9.17, 15) is 28.5 Å². The van der Waals surface area contributed by atoms with Crippen molar-refractivity contribution in [3.63, 3.8) is 0 Å². The largest absolute Gasteiger partial charge is 0.508 e. The van der Waals surface area contributed by atoms with Gasteiger partial charge in [-0.1, -0.05) is 6.07 Å². The average Bonchev–Trinajstić information content (AvgIpc) is 2.25. The summed E-state index contributed by atoms with van der Waals surface area (Å²) >= 11 is 5.28. The van der Waals surface area contributed by atoms with Gasteiger partial charge in [0.15, 0.2) is 0 Å². The zero-order chi connectivity index (χ0) is 13.2. The van der Waals surface area contributed by atoms with Crippen molar-refractivity contribution in [1.82, 2.24) is 0 Å². The summed E-state index contributed by atoms with van der Waals surface area (Å²) in [5.41, 5.74) is -1.24. The summed E-state index contributed by atoms with van der Waals surface area (Å²) in [6, 6.07) is 2.09. The second-order valence-corrected chi connectivity index (χ2v) is 3.75. The molecule has 1 aromatic carbocycles. The number of phenolic OH excluding ortho intramolecular Hbond substituents is 1. The molecule has 0 saturated carbocycles. The fourth-order valence-corrected chi connectivity index (χ4v) is 1.43. The SMILES string of the molecule is Oc1cc(C(F)(F)F)ccc1C(O)C(O)CCl. The molecule has 0 saturated heterocycles. The van der Waals surface area contributed by atoms with Gasteiger partial charge in [-0.3, -0.25) is 0 Å². The van der Waals surface area contributed by atoms with Crippen LogP contribution in [0.1, 0.15) is 17.2 Å². The monoisotopic (exact) mass is 270 g/mol. The van der Waals surface area contributed by atoms with E-state index < -0.39 is 29.7 Å². The van der Waals surface area contributed by atoms with E-state index in [-0.39, 0.29) is 11.4 Å². The highest BCUT2D eigenvalue weighted by molar-refractivity contribution is 6.18. The van der Waals surface area contributed by atoms with Gasteiger partial charge in [0, 0.05) is 5.56 Å². The number of alkyl halides is 4. The van der Waals surface area contributed by atoms with Crippen LogP contribution >= 0.6 is 11.6 Å². The van der Waals surface area contributed by atoms with Gasteiger partial charge in [0.1, 0.15) is 11.9 Å². The summed E-state index contributed by atoms with van der Waals surface area (Å²) in [6.45, 7) is 0. The van der Waals surface area contributed by atoms with Crippen molar-refractivity contribution >= 4 is 11.6 Å². The standard InChI is InChI=1S/C10H10ClF3O3/c11-4-8(16)9(17)6-2-1-5(3-7(6)15)10(12,13)14/h1-3,8-9,15-17H,4H2. The maximum atomic E-state index is 12.3. The first-order valence-corrected chi connectivity index (χ1v) is 5.13.